The number of likely N-dealkylation sites (tertiary alicyclic amines) is 1. The molecule has 2 rings (SSSR count). The Morgan fingerprint density at radius 2 is 2.05 bits per heavy atom. The van der Waals surface area contributed by atoms with E-state index in [4.69, 9.17) is 23.2 Å². The molecular weight excluding hydrogens is 281 g/mol. The van der Waals surface area contributed by atoms with Crippen LogP contribution in [-0.2, 0) is 0 Å². The highest BCUT2D eigenvalue weighted by molar-refractivity contribution is 6.34. The van der Waals surface area contributed by atoms with Crippen molar-refractivity contribution >= 4 is 28.9 Å². The zero-order valence-corrected chi connectivity index (χ0v) is 13.4. The van der Waals surface area contributed by atoms with Crippen molar-refractivity contribution < 1.29 is 0 Å². The summed E-state index contributed by atoms with van der Waals surface area (Å²) in [6.45, 7) is 7.63. The van der Waals surface area contributed by atoms with E-state index in [1.54, 1.807) is 0 Å². The molecule has 1 aliphatic heterocycles. The van der Waals surface area contributed by atoms with Crippen LogP contribution in [0.2, 0.25) is 10.3 Å². The van der Waals surface area contributed by atoms with Gasteiger partial charge in [0.2, 0.25) is 0 Å². The molecule has 1 aromatic rings. The van der Waals surface area contributed by atoms with Crippen molar-refractivity contribution in [3.8, 4) is 0 Å². The molecule has 0 radical (unpaired) electrons. The Balaban J connectivity index is 2.17. The molecule has 3 atom stereocenters. The summed E-state index contributed by atoms with van der Waals surface area (Å²) >= 11 is 12.1. The predicted molar refractivity (Wildman–Crippen MR) is 82.3 cm³/mol. The molecule has 19 heavy (non-hydrogen) atoms. The summed E-state index contributed by atoms with van der Waals surface area (Å²) in [5, 5.41) is 4.47. The molecule has 0 saturated carbocycles. The zero-order chi connectivity index (χ0) is 14.2. The number of aromatic nitrogens is 1. The number of halogens is 2. The molecule has 3 nitrogen and oxygen atoms in total. The summed E-state index contributed by atoms with van der Waals surface area (Å²) in [5.74, 6) is 0.576. The van der Waals surface area contributed by atoms with Crippen LogP contribution < -0.4 is 5.32 Å². The lowest BCUT2D eigenvalue weighted by Crippen LogP contribution is -2.48. The highest BCUT2D eigenvalue weighted by Crippen LogP contribution is 2.30. The number of pyridine rings is 1. The van der Waals surface area contributed by atoms with E-state index in [0.717, 1.165) is 24.2 Å². The van der Waals surface area contributed by atoms with Crippen molar-refractivity contribution in [2.75, 3.05) is 18.9 Å². The van der Waals surface area contributed by atoms with Crippen molar-refractivity contribution in [1.29, 1.82) is 0 Å². The number of nitrogens with zero attached hydrogens (tertiary/aromatic N) is 2. The average Bonchev–Trinajstić information content (AvgIpc) is 2.29. The van der Waals surface area contributed by atoms with Crippen LogP contribution in [0.1, 0.15) is 25.8 Å². The zero-order valence-electron chi connectivity index (χ0n) is 11.9. The average molecular weight is 302 g/mol. The van der Waals surface area contributed by atoms with Crippen LogP contribution in [0, 0.1) is 12.8 Å². The third kappa shape index (κ3) is 3.33. The maximum Gasteiger partial charge on any atom is 0.154 e. The fraction of sp³-hybridized carbons (Fsp3) is 0.643. The summed E-state index contributed by atoms with van der Waals surface area (Å²) in [5.41, 5.74) is 1.96. The van der Waals surface area contributed by atoms with Crippen LogP contribution in [0.15, 0.2) is 6.07 Å². The van der Waals surface area contributed by atoms with E-state index < -0.39 is 0 Å². The summed E-state index contributed by atoms with van der Waals surface area (Å²) < 4.78 is 0. The molecule has 0 spiro atoms. The minimum atomic E-state index is 0.422. The van der Waals surface area contributed by atoms with Gasteiger partial charge in [-0.25, -0.2) is 4.98 Å². The number of aryl methyl sites for hydroxylation is 1. The van der Waals surface area contributed by atoms with Crippen molar-refractivity contribution in [3.63, 3.8) is 0 Å². The van der Waals surface area contributed by atoms with E-state index in [-0.39, 0.29) is 0 Å². The van der Waals surface area contributed by atoms with Crippen LogP contribution in [0.4, 0.5) is 5.69 Å². The highest BCUT2D eigenvalue weighted by Gasteiger charge is 2.29. The van der Waals surface area contributed by atoms with Crippen LogP contribution in [0.25, 0.3) is 0 Å². The molecule has 1 N–H and O–H groups in total. The Kier molecular flexibility index (Phi) is 4.59. The van der Waals surface area contributed by atoms with Gasteiger partial charge in [0.25, 0.3) is 0 Å². The maximum atomic E-state index is 6.20. The Hall–Kier alpha value is -0.510. The van der Waals surface area contributed by atoms with Crippen molar-refractivity contribution in [3.05, 3.63) is 21.9 Å². The molecule has 1 aliphatic rings. The third-order valence-corrected chi connectivity index (χ3v) is 4.55. The number of nitrogens with one attached hydrogen (secondary N) is 1. The molecule has 1 fully saturated rings. The van der Waals surface area contributed by atoms with Gasteiger partial charge in [-0.15, -0.1) is 0 Å². The molecular formula is C14H21Cl2N3. The molecule has 1 aromatic heterocycles. The van der Waals surface area contributed by atoms with Gasteiger partial charge in [0, 0.05) is 18.6 Å². The molecule has 3 unspecified atom stereocenters. The number of anilines is 1. The minimum Gasteiger partial charge on any atom is -0.379 e. The lowest BCUT2D eigenvalue weighted by atomic mass is 9.89. The van der Waals surface area contributed by atoms with Crippen LogP contribution in [0.3, 0.4) is 0 Å². The van der Waals surface area contributed by atoms with Crippen LogP contribution in [-0.4, -0.2) is 35.6 Å². The third-order valence-electron chi connectivity index (χ3n) is 4.08. The lowest BCUT2D eigenvalue weighted by molar-refractivity contribution is 0.145. The van der Waals surface area contributed by atoms with Gasteiger partial charge in [0.15, 0.2) is 5.15 Å². The monoisotopic (exact) mass is 301 g/mol. The second kappa shape index (κ2) is 5.86. The van der Waals surface area contributed by atoms with Crippen LogP contribution >= 0.6 is 23.2 Å². The van der Waals surface area contributed by atoms with Crippen molar-refractivity contribution in [1.82, 2.24) is 9.88 Å². The molecule has 1 saturated heterocycles. The Labute approximate surface area is 125 Å². The SMILES string of the molecule is Cc1cc(Cl)nc(Cl)c1NC1CC(C)N(C)CC1C. The minimum absolute atomic E-state index is 0.422. The highest BCUT2D eigenvalue weighted by atomic mass is 35.5. The van der Waals surface area contributed by atoms with Gasteiger partial charge in [-0.2, -0.15) is 0 Å². The van der Waals surface area contributed by atoms with Crippen molar-refractivity contribution in [2.24, 2.45) is 5.92 Å². The fourth-order valence-corrected chi connectivity index (χ4v) is 3.28. The number of hydrogen-bond donors (Lipinski definition) is 1. The van der Waals surface area contributed by atoms with E-state index in [2.05, 4.69) is 36.1 Å². The van der Waals surface area contributed by atoms with Crippen LogP contribution in [0.5, 0.6) is 0 Å². The smallest absolute Gasteiger partial charge is 0.154 e. The predicted octanol–water partition coefficient (Wildman–Crippen LogP) is 3.84. The molecule has 2 heterocycles. The molecule has 106 valence electrons. The Bertz CT molecular complexity index is 441. The Morgan fingerprint density at radius 1 is 1.37 bits per heavy atom. The lowest BCUT2D eigenvalue weighted by Gasteiger charge is -2.40. The summed E-state index contributed by atoms with van der Waals surface area (Å²) in [6.07, 6.45) is 1.11. The maximum absolute atomic E-state index is 6.20. The van der Waals surface area contributed by atoms with E-state index >= 15 is 0 Å². The first kappa shape index (κ1) is 14.9. The second-order valence-electron chi connectivity index (χ2n) is 5.68. The van der Waals surface area contributed by atoms with Gasteiger partial charge in [-0.1, -0.05) is 30.1 Å². The summed E-state index contributed by atoms with van der Waals surface area (Å²) in [7, 11) is 2.18. The first-order chi connectivity index (χ1) is 8.88. The van der Waals surface area contributed by atoms with E-state index in [1.807, 2.05) is 13.0 Å². The topological polar surface area (TPSA) is 28.2 Å². The first-order valence-corrected chi connectivity index (χ1v) is 7.43. The first-order valence-electron chi connectivity index (χ1n) is 6.68. The van der Waals surface area contributed by atoms with Gasteiger partial charge in [0.05, 0.1) is 5.69 Å². The standard InChI is InChI=1S/C14H21Cl2N3/c1-8-5-12(15)18-14(16)13(8)17-11-6-10(3)19(4)7-9(11)2/h5,9-11,17H,6-7H2,1-4H3. The Morgan fingerprint density at radius 3 is 2.68 bits per heavy atom. The van der Waals surface area contributed by atoms with E-state index in [9.17, 15) is 0 Å². The summed E-state index contributed by atoms with van der Waals surface area (Å²) in [4.78, 5) is 6.52. The molecule has 0 aromatic carbocycles. The fourth-order valence-electron chi connectivity index (χ4n) is 2.70. The number of rotatable bonds is 2. The van der Waals surface area contributed by atoms with E-state index in [1.165, 1.54) is 0 Å². The molecule has 0 amide bonds. The molecule has 0 bridgehead atoms. The largest absolute Gasteiger partial charge is 0.379 e. The summed E-state index contributed by atoms with van der Waals surface area (Å²) in [6, 6.07) is 2.84. The van der Waals surface area contributed by atoms with Gasteiger partial charge in [-0.3, -0.25) is 0 Å². The quantitative estimate of drug-likeness (QED) is 0.841. The number of hydrogen-bond acceptors (Lipinski definition) is 3. The van der Waals surface area contributed by atoms with Gasteiger partial charge in [0.1, 0.15) is 5.15 Å². The molecule has 5 heteroatoms. The van der Waals surface area contributed by atoms with Gasteiger partial charge >= 0.3 is 0 Å². The van der Waals surface area contributed by atoms with Gasteiger partial charge in [-0.05, 0) is 44.9 Å². The van der Waals surface area contributed by atoms with Crippen molar-refractivity contribution in [2.45, 2.75) is 39.3 Å². The van der Waals surface area contributed by atoms with Gasteiger partial charge < -0.3 is 10.2 Å². The number of piperidine rings is 1. The van der Waals surface area contributed by atoms with E-state index in [0.29, 0.717) is 28.3 Å². The molecule has 0 aliphatic carbocycles. The normalized spacial score (nSPS) is 28.4. The second-order valence-corrected chi connectivity index (χ2v) is 6.43.